The normalized spacial score (nSPS) is 10.5. The maximum Gasteiger partial charge on any atom is 0.198 e. The zero-order chi connectivity index (χ0) is 18.7. The van der Waals surface area contributed by atoms with E-state index in [-0.39, 0.29) is 11.6 Å². The molecule has 1 heterocycles. The molecule has 0 amide bonds. The van der Waals surface area contributed by atoms with E-state index < -0.39 is 0 Å². The molecular formula is C20H16BrFN2O2. The van der Waals surface area contributed by atoms with Crippen molar-refractivity contribution in [1.29, 1.82) is 0 Å². The highest BCUT2D eigenvalue weighted by molar-refractivity contribution is 9.10. The first-order valence-corrected chi connectivity index (χ1v) is 8.64. The maximum absolute atomic E-state index is 13.2. The molecule has 1 aromatic heterocycles. The quantitative estimate of drug-likeness (QED) is 0.577. The maximum atomic E-state index is 13.2. The highest BCUT2D eigenvalue weighted by Gasteiger charge is 2.15. The number of carbonyl (C=O) groups excluding carboxylic acids is 1. The lowest BCUT2D eigenvalue weighted by molar-refractivity contribution is 0.103. The predicted octanol–water partition coefficient (Wildman–Crippen LogP) is 5.27. The highest BCUT2D eigenvalue weighted by Crippen LogP contribution is 2.26. The van der Waals surface area contributed by atoms with Gasteiger partial charge in [0, 0.05) is 21.9 Å². The third-order valence-corrected chi connectivity index (χ3v) is 4.38. The van der Waals surface area contributed by atoms with Crippen LogP contribution in [0.1, 0.15) is 21.5 Å². The number of aromatic nitrogens is 1. The van der Waals surface area contributed by atoms with Gasteiger partial charge in [0.25, 0.3) is 0 Å². The van der Waals surface area contributed by atoms with Crippen LogP contribution >= 0.6 is 15.9 Å². The molecule has 0 fully saturated rings. The smallest absolute Gasteiger partial charge is 0.198 e. The molecule has 0 unspecified atom stereocenters. The van der Waals surface area contributed by atoms with Gasteiger partial charge in [-0.25, -0.2) is 9.37 Å². The molecule has 3 aromatic rings. The number of nitrogens with zero attached hydrogens (tertiary/aromatic N) is 1. The van der Waals surface area contributed by atoms with E-state index in [0.717, 1.165) is 15.7 Å². The van der Waals surface area contributed by atoms with Gasteiger partial charge >= 0.3 is 0 Å². The number of hydrogen-bond acceptors (Lipinski definition) is 4. The van der Waals surface area contributed by atoms with Crippen molar-refractivity contribution in [2.75, 3.05) is 12.4 Å². The fourth-order valence-electron chi connectivity index (χ4n) is 2.52. The standard InChI is InChI=1S/C20H16BrFN2O2/c1-12-9-15(22)5-6-17(12)24-19-8-3-13(11-23-19)20(25)16-10-14(21)4-7-18(16)26-2/h3-11H,1-2H3,(H,23,24). The van der Waals surface area contributed by atoms with E-state index in [4.69, 9.17) is 4.74 Å². The van der Waals surface area contributed by atoms with Crippen LogP contribution in [-0.4, -0.2) is 17.9 Å². The van der Waals surface area contributed by atoms with Gasteiger partial charge in [0.05, 0.1) is 12.7 Å². The van der Waals surface area contributed by atoms with Crippen molar-refractivity contribution >= 4 is 33.2 Å². The van der Waals surface area contributed by atoms with Crippen molar-refractivity contribution in [2.45, 2.75) is 6.92 Å². The molecule has 0 aliphatic rings. The SMILES string of the molecule is COc1ccc(Br)cc1C(=O)c1ccc(Nc2ccc(F)cc2C)nc1. The lowest BCUT2D eigenvalue weighted by Gasteiger charge is -2.10. The van der Waals surface area contributed by atoms with Crippen LogP contribution < -0.4 is 10.1 Å². The average Bonchev–Trinajstić information content (AvgIpc) is 2.64. The summed E-state index contributed by atoms with van der Waals surface area (Å²) in [6.07, 6.45) is 1.50. The number of pyridine rings is 1. The minimum Gasteiger partial charge on any atom is -0.496 e. The van der Waals surface area contributed by atoms with Gasteiger partial charge in [0.2, 0.25) is 0 Å². The largest absolute Gasteiger partial charge is 0.496 e. The van der Waals surface area contributed by atoms with Crippen molar-refractivity contribution in [3.8, 4) is 5.75 Å². The third-order valence-electron chi connectivity index (χ3n) is 3.88. The van der Waals surface area contributed by atoms with Gasteiger partial charge in [0.1, 0.15) is 17.4 Å². The first-order valence-electron chi connectivity index (χ1n) is 7.85. The second-order valence-corrected chi connectivity index (χ2v) is 6.61. The van der Waals surface area contributed by atoms with Crippen molar-refractivity contribution in [3.63, 3.8) is 0 Å². The third kappa shape index (κ3) is 3.91. The molecule has 0 spiro atoms. The van der Waals surface area contributed by atoms with E-state index in [1.807, 2.05) is 13.0 Å². The number of hydrogen-bond donors (Lipinski definition) is 1. The first kappa shape index (κ1) is 18.1. The van der Waals surface area contributed by atoms with Crippen LogP contribution in [0.4, 0.5) is 15.9 Å². The summed E-state index contributed by atoms with van der Waals surface area (Å²) >= 11 is 3.37. The van der Waals surface area contributed by atoms with Gasteiger partial charge in [-0.15, -0.1) is 0 Å². The number of anilines is 2. The van der Waals surface area contributed by atoms with E-state index in [0.29, 0.717) is 22.7 Å². The van der Waals surface area contributed by atoms with E-state index in [9.17, 15) is 9.18 Å². The van der Waals surface area contributed by atoms with Gasteiger partial charge < -0.3 is 10.1 Å². The molecule has 2 aromatic carbocycles. The lowest BCUT2D eigenvalue weighted by Crippen LogP contribution is -2.05. The molecule has 0 atom stereocenters. The van der Waals surface area contributed by atoms with Crippen LogP contribution in [-0.2, 0) is 0 Å². The van der Waals surface area contributed by atoms with Crippen molar-refractivity contribution in [1.82, 2.24) is 4.98 Å². The Morgan fingerprint density at radius 3 is 2.62 bits per heavy atom. The fraction of sp³-hybridized carbons (Fsp3) is 0.100. The van der Waals surface area contributed by atoms with Crippen LogP contribution in [0.15, 0.2) is 59.2 Å². The molecule has 0 saturated heterocycles. The van der Waals surface area contributed by atoms with Crippen LogP contribution in [0.5, 0.6) is 5.75 Å². The molecule has 0 radical (unpaired) electrons. The van der Waals surface area contributed by atoms with Gasteiger partial charge in [0.15, 0.2) is 5.78 Å². The monoisotopic (exact) mass is 414 g/mol. The van der Waals surface area contributed by atoms with Crippen molar-refractivity contribution < 1.29 is 13.9 Å². The van der Waals surface area contributed by atoms with Crippen LogP contribution in [0.2, 0.25) is 0 Å². The number of carbonyl (C=O) groups is 1. The number of benzene rings is 2. The molecule has 0 aliphatic carbocycles. The highest BCUT2D eigenvalue weighted by atomic mass is 79.9. The molecule has 0 aliphatic heterocycles. The van der Waals surface area contributed by atoms with Crippen molar-refractivity contribution in [2.24, 2.45) is 0 Å². The predicted molar refractivity (Wildman–Crippen MR) is 103 cm³/mol. The lowest BCUT2D eigenvalue weighted by atomic mass is 10.0. The zero-order valence-corrected chi connectivity index (χ0v) is 15.8. The summed E-state index contributed by atoms with van der Waals surface area (Å²) in [5, 5.41) is 3.12. The molecule has 3 rings (SSSR count). The average molecular weight is 415 g/mol. The number of nitrogens with one attached hydrogen (secondary N) is 1. The minimum absolute atomic E-state index is 0.180. The summed E-state index contributed by atoms with van der Waals surface area (Å²) < 4.78 is 19.2. The Kier molecular flexibility index (Phi) is 5.32. The fourth-order valence-corrected chi connectivity index (χ4v) is 2.88. The first-order chi connectivity index (χ1) is 12.5. The van der Waals surface area contributed by atoms with E-state index >= 15 is 0 Å². The molecule has 132 valence electrons. The summed E-state index contributed by atoms with van der Waals surface area (Å²) in [5.74, 6) is 0.602. The number of ketones is 1. The van der Waals surface area contributed by atoms with Gasteiger partial charge in [-0.2, -0.15) is 0 Å². The van der Waals surface area contributed by atoms with Crippen LogP contribution in [0, 0.1) is 12.7 Å². The number of ether oxygens (including phenoxy) is 1. The summed E-state index contributed by atoms with van der Waals surface area (Å²) in [6.45, 7) is 1.81. The minimum atomic E-state index is -0.287. The summed E-state index contributed by atoms with van der Waals surface area (Å²) in [6, 6.07) is 13.1. The number of aryl methyl sites for hydroxylation is 1. The Bertz CT molecular complexity index is 959. The Morgan fingerprint density at radius 1 is 1.15 bits per heavy atom. The molecule has 1 N–H and O–H groups in total. The Hall–Kier alpha value is -2.73. The molecule has 0 bridgehead atoms. The Labute approximate surface area is 159 Å². The van der Waals surface area contributed by atoms with Crippen LogP contribution in [0.25, 0.3) is 0 Å². The molecule has 26 heavy (non-hydrogen) atoms. The summed E-state index contributed by atoms with van der Waals surface area (Å²) in [4.78, 5) is 17.0. The Morgan fingerprint density at radius 2 is 1.96 bits per heavy atom. The molecule has 4 nitrogen and oxygen atoms in total. The van der Waals surface area contributed by atoms with E-state index in [1.54, 1.807) is 30.3 Å². The zero-order valence-electron chi connectivity index (χ0n) is 14.2. The number of rotatable bonds is 5. The summed E-state index contributed by atoms with van der Waals surface area (Å²) in [5.41, 5.74) is 2.43. The number of halogens is 2. The second kappa shape index (κ2) is 7.66. The molecule has 6 heteroatoms. The van der Waals surface area contributed by atoms with Gasteiger partial charge in [-0.05, 0) is 61.0 Å². The number of methoxy groups -OCH3 is 1. The summed E-state index contributed by atoms with van der Waals surface area (Å²) in [7, 11) is 1.52. The van der Waals surface area contributed by atoms with E-state index in [1.165, 1.54) is 25.4 Å². The van der Waals surface area contributed by atoms with E-state index in [2.05, 4.69) is 26.2 Å². The van der Waals surface area contributed by atoms with Crippen LogP contribution in [0.3, 0.4) is 0 Å². The second-order valence-electron chi connectivity index (χ2n) is 5.69. The van der Waals surface area contributed by atoms with Gasteiger partial charge in [-0.1, -0.05) is 15.9 Å². The van der Waals surface area contributed by atoms with Crippen molar-refractivity contribution in [3.05, 3.63) is 81.7 Å². The molecular weight excluding hydrogens is 399 g/mol. The van der Waals surface area contributed by atoms with Gasteiger partial charge in [-0.3, -0.25) is 4.79 Å². The molecule has 0 saturated carbocycles. The topological polar surface area (TPSA) is 51.2 Å². The Balaban J connectivity index is 1.83.